The largest absolute Gasteiger partial charge is 0.468 e. The smallest absolute Gasteiger partial charge is 0.325 e. The summed E-state index contributed by atoms with van der Waals surface area (Å²) in [4.78, 5) is 39.6. The fraction of sp³-hybridized carbons (Fsp3) is 0.400. The molecule has 1 N–H and O–H groups in total. The number of amides is 1. The minimum Gasteiger partial charge on any atom is -0.468 e. The first-order valence-corrected chi connectivity index (χ1v) is 11.0. The third-order valence-electron chi connectivity index (χ3n) is 5.60. The van der Waals surface area contributed by atoms with Gasteiger partial charge in [0.15, 0.2) is 0 Å². The topological polar surface area (TPSA) is 84.9 Å². The quantitative estimate of drug-likeness (QED) is 0.606. The summed E-state index contributed by atoms with van der Waals surface area (Å²) < 4.78 is 10.1. The van der Waals surface area contributed by atoms with Gasteiger partial charge in [-0.05, 0) is 49.8 Å². The van der Waals surface area contributed by atoms with E-state index >= 15 is 0 Å². The third kappa shape index (κ3) is 5.95. The van der Waals surface area contributed by atoms with Crippen LogP contribution in [0.1, 0.15) is 30.9 Å². The molecule has 1 aliphatic heterocycles. The number of benzene rings is 2. The summed E-state index contributed by atoms with van der Waals surface area (Å²) >= 11 is 0. The Morgan fingerprint density at radius 1 is 1.12 bits per heavy atom. The van der Waals surface area contributed by atoms with Crippen LogP contribution in [0.4, 0.5) is 5.69 Å². The fourth-order valence-corrected chi connectivity index (χ4v) is 3.94. The lowest BCUT2D eigenvalue weighted by molar-refractivity contribution is -0.146. The van der Waals surface area contributed by atoms with Gasteiger partial charge in [-0.3, -0.25) is 24.6 Å². The average Bonchev–Trinajstić information content (AvgIpc) is 2.94. The van der Waals surface area contributed by atoms with Crippen molar-refractivity contribution in [3.05, 3.63) is 65.7 Å². The highest BCUT2D eigenvalue weighted by Gasteiger charge is 2.34. The Balaban J connectivity index is 1.80. The van der Waals surface area contributed by atoms with Gasteiger partial charge >= 0.3 is 11.9 Å². The molecule has 1 amide bonds. The predicted octanol–water partition coefficient (Wildman–Crippen LogP) is 2.66. The molecule has 0 unspecified atom stereocenters. The molecule has 7 heteroatoms. The number of anilines is 1. The van der Waals surface area contributed by atoms with Gasteiger partial charge < -0.3 is 9.47 Å². The van der Waals surface area contributed by atoms with Crippen LogP contribution in [0.5, 0.6) is 0 Å². The molecule has 0 aromatic heterocycles. The SMILES string of the molecule is CCOC(=O)[C@H](CCc1ccccc1)N[C@H]1CCc2ccccc2N(CC(=O)OC)C1=O. The van der Waals surface area contributed by atoms with Crippen molar-refractivity contribution in [2.24, 2.45) is 0 Å². The summed E-state index contributed by atoms with van der Waals surface area (Å²) in [5.74, 6) is -1.13. The zero-order chi connectivity index (χ0) is 22.9. The molecule has 2 atom stereocenters. The first kappa shape index (κ1) is 23.5. The minimum absolute atomic E-state index is 0.182. The molecule has 0 saturated heterocycles. The van der Waals surface area contributed by atoms with Gasteiger partial charge in [-0.15, -0.1) is 0 Å². The fourth-order valence-electron chi connectivity index (χ4n) is 3.94. The van der Waals surface area contributed by atoms with Crippen LogP contribution in [0.15, 0.2) is 54.6 Å². The van der Waals surface area contributed by atoms with Crippen LogP contribution in [-0.2, 0) is 36.7 Å². The maximum absolute atomic E-state index is 13.5. The monoisotopic (exact) mass is 438 g/mol. The molecule has 1 heterocycles. The summed E-state index contributed by atoms with van der Waals surface area (Å²) in [5.41, 5.74) is 2.78. The molecule has 0 fully saturated rings. The highest BCUT2D eigenvalue weighted by atomic mass is 16.5. The van der Waals surface area contributed by atoms with Crippen LogP contribution >= 0.6 is 0 Å². The van der Waals surface area contributed by atoms with Crippen molar-refractivity contribution in [2.75, 3.05) is 25.2 Å². The maximum atomic E-state index is 13.5. The van der Waals surface area contributed by atoms with Crippen molar-refractivity contribution in [1.82, 2.24) is 5.32 Å². The van der Waals surface area contributed by atoms with E-state index in [0.29, 0.717) is 31.4 Å². The van der Waals surface area contributed by atoms with Gasteiger partial charge in [-0.1, -0.05) is 48.5 Å². The first-order chi connectivity index (χ1) is 15.5. The van der Waals surface area contributed by atoms with E-state index in [1.165, 1.54) is 12.0 Å². The lowest BCUT2D eigenvalue weighted by Gasteiger charge is -2.27. The Hall–Kier alpha value is -3.19. The molecule has 7 nitrogen and oxygen atoms in total. The molecule has 0 radical (unpaired) electrons. The molecule has 2 aromatic carbocycles. The molecular weight excluding hydrogens is 408 g/mol. The molecular formula is C25H30N2O5. The zero-order valence-corrected chi connectivity index (χ0v) is 18.6. The van der Waals surface area contributed by atoms with E-state index in [9.17, 15) is 14.4 Å². The number of carbonyl (C=O) groups excluding carboxylic acids is 3. The predicted molar refractivity (Wildman–Crippen MR) is 121 cm³/mol. The molecule has 1 aliphatic rings. The van der Waals surface area contributed by atoms with Crippen LogP contribution in [0, 0.1) is 0 Å². The number of fused-ring (bicyclic) bond motifs is 1. The lowest BCUT2D eigenvalue weighted by Crippen LogP contribution is -2.53. The third-order valence-corrected chi connectivity index (χ3v) is 5.60. The van der Waals surface area contributed by atoms with Crippen molar-refractivity contribution in [3.63, 3.8) is 0 Å². The van der Waals surface area contributed by atoms with Crippen molar-refractivity contribution in [2.45, 2.75) is 44.7 Å². The van der Waals surface area contributed by atoms with Crippen LogP contribution in [0.2, 0.25) is 0 Å². The minimum atomic E-state index is -0.634. The number of rotatable bonds is 9. The van der Waals surface area contributed by atoms with Gasteiger partial charge in [0.25, 0.3) is 0 Å². The van der Waals surface area contributed by atoms with E-state index in [-0.39, 0.29) is 25.0 Å². The van der Waals surface area contributed by atoms with E-state index in [2.05, 4.69) is 5.32 Å². The number of hydrogen-bond acceptors (Lipinski definition) is 6. The van der Waals surface area contributed by atoms with Crippen LogP contribution in [0.25, 0.3) is 0 Å². The van der Waals surface area contributed by atoms with Crippen LogP contribution in [0.3, 0.4) is 0 Å². The molecule has 32 heavy (non-hydrogen) atoms. The molecule has 170 valence electrons. The van der Waals surface area contributed by atoms with E-state index in [0.717, 1.165) is 11.1 Å². The molecule has 0 spiro atoms. The van der Waals surface area contributed by atoms with Crippen LogP contribution < -0.4 is 10.2 Å². The van der Waals surface area contributed by atoms with E-state index in [1.54, 1.807) is 6.92 Å². The van der Waals surface area contributed by atoms with Gasteiger partial charge in [0, 0.05) is 5.69 Å². The Morgan fingerprint density at radius 2 is 1.84 bits per heavy atom. The number of nitrogens with zero attached hydrogens (tertiary/aromatic N) is 1. The van der Waals surface area contributed by atoms with Gasteiger partial charge in [0.2, 0.25) is 5.91 Å². The van der Waals surface area contributed by atoms with Crippen LogP contribution in [-0.4, -0.2) is 50.2 Å². The van der Waals surface area contributed by atoms with Gasteiger partial charge in [0.1, 0.15) is 12.6 Å². The summed E-state index contributed by atoms with van der Waals surface area (Å²) in [7, 11) is 1.30. The number of para-hydroxylation sites is 1. The van der Waals surface area contributed by atoms with Gasteiger partial charge in [0.05, 0.1) is 19.8 Å². The average molecular weight is 439 g/mol. The highest BCUT2D eigenvalue weighted by Crippen LogP contribution is 2.27. The second-order valence-electron chi connectivity index (χ2n) is 7.72. The second-order valence-corrected chi connectivity index (χ2v) is 7.72. The molecule has 0 bridgehead atoms. The number of hydrogen-bond donors (Lipinski definition) is 1. The Kier molecular flexibility index (Phi) is 8.39. The zero-order valence-electron chi connectivity index (χ0n) is 18.6. The number of aryl methyl sites for hydroxylation is 2. The summed E-state index contributed by atoms with van der Waals surface area (Å²) in [6.45, 7) is 1.84. The van der Waals surface area contributed by atoms with Gasteiger partial charge in [-0.2, -0.15) is 0 Å². The van der Waals surface area contributed by atoms with Crippen molar-refractivity contribution >= 4 is 23.5 Å². The first-order valence-electron chi connectivity index (χ1n) is 11.0. The van der Waals surface area contributed by atoms with Crippen molar-refractivity contribution < 1.29 is 23.9 Å². The molecule has 2 aromatic rings. The maximum Gasteiger partial charge on any atom is 0.325 e. The molecule has 3 rings (SSSR count). The second kappa shape index (κ2) is 11.4. The number of carbonyl (C=O) groups is 3. The Morgan fingerprint density at radius 3 is 2.56 bits per heavy atom. The number of esters is 2. The van der Waals surface area contributed by atoms with E-state index < -0.39 is 18.1 Å². The van der Waals surface area contributed by atoms with Crippen molar-refractivity contribution in [3.8, 4) is 0 Å². The Bertz CT molecular complexity index is 931. The highest BCUT2D eigenvalue weighted by molar-refractivity contribution is 6.02. The normalized spacial score (nSPS) is 16.6. The number of nitrogens with one attached hydrogen (secondary N) is 1. The summed E-state index contributed by atoms with van der Waals surface area (Å²) in [5, 5.41) is 3.24. The van der Waals surface area contributed by atoms with Gasteiger partial charge in [-0.25, -0.2) is 0 Å². The number of ether oxygens (including phenoxy) is 2. The summed E-state index contributed by atoms with van der Waals surface area (Å²) in [6.07, 6.45) is 2.32. The summed E-state index contributed by atoms with van der Waals surface area (Å²) in [6, 6.07) is 16.1. The molecule has 0 aliphatic carbocycles. The van der Waals surface area contributed by atoms with E-state index in [4.69, 9.17) is 9.47 Å². The number of methoxy groups -OCH3 is 1. The molecule has 0 saturated carbocycles. The Labute approximate surface area is 188 Å². The van der Waals surface area contributed by atoms with E-state index in [1.807, 2.05) is 54.6 Å². The van der Waals surface area contributed by atoms with Crippen molar-refractivity contribution in [1.29, 1.82) is 0 Å². The lowest BCUT2D eigenvalue weighted by atomic mass is 10.0. The standard InChI is InChI=1S/C25H30N2O5/c1-3-32-25(30)21(15-13-18-9-5-4-6-10-18)26-20-16-14-19-11-7-8-12-22(19)27(24(20)29)17-23(28)31-2/h4-12,20-21,26H,3,13-17H2,1-2H3/t20-,21-/m0/s1.